The topological polar surface area (TPSA) is 36.4 Å². The van der Waals surface area contributed by atoms with Crippen molar-refractivity contribution >= 4 is 5.91 Å². The van der Waals surface area contributed by atoms with Gasteiger partial charge in [-0.15, -0.1) is 0 Å². The lowest BCUT2D eigenvalue weighted by Crippen LogP contribution is -2.39. The van der Waals surface area contributed by atoms with Crippen molar-refractivity contribution in [3.05, 3.63) is 29.1 Å². The van der Waals surface area contributed by atoms with Gasteiger partial charge < -0.3 is 4.90 Å². The van der Waals surface area contributed by atoms with Gasteiger partial charge in [0.05, 0.1) is 12.2 Å². The molecule has 0 N–H and O–H groups in total. The van der Waals surface area contributed by atoms with E-state index in [0.717, 1.165) is 31.6 Å². The normalized spacial score (nSPS) is 15.7. The van der Waals surface area contributed by atoms with Crippen molar-refractivity contribution in [1.29, 1.82) is 0 Å². The summed E-state index contributed by atoms with van der Waals surface area (Å²) in [5.41, 5.74) is 3.98. The Labute approximate surface area is 128 Å². The number of hydrogen-bond donors (Lipinski definition) is 0. The van der Waals surface area contributed by atoms with Gasteiger partial charge in [-0.2, -0.15) is 0 Å². The van der Waals surface area contributed by atoms with Crippen LogP contribution < -0.4 is 0 Å². The molecule has 1 aromatic rings. The first-order valence-corrected chi connectivity index (χ1v) is 7.74. The van der Waals surface area contributed by atoms with Crippen LogP contribution in [0.25, 0.3) is 0 Å². The second-order valence-corrected chi connectivity index (χ2v) is 6.82. The van der Waals surface area contributed by atoms with Crippen LogP contribution >= 0.6 is 0 Å². The van der Waals surface area contributed by atoms with E-state index in [2.05, 4.69) is 36.7 Å². The largest absolute Gasteiger partial charge is 0.348 e. The average molecular weight is 289 g/mol. The van der Waals surface area contributed by atoms with Crippen molar-refractivity contribution in [2.75, 3.05) is 27.2 Å². The first-order chi connectivity index (χ1) is 9.83. The summed E-state index contributed by atoms with van der Waals surface area (Å²) in [7, 11) is 3.61. The van der Waals surface area contributed by atoms with Crippen LogP contribution in [0.3, 0.4) is 0 Å². The molecule has 2 heterocycles. The molecule has 2 rings (SSSR count). The zero-order valence-corrected chi connectivity index (χ0v) is 13.9. The minimum atomic E-state index is 0.155. The Morgan fingerprint density at radius 1 is 1.43 bits per heavy atom. The minimum absolute atomic E-state index is 0.155. The molecule has 4 heteroatoms. The summed E-state index contributed by atoms with van der Waals surface area (Å²) in [6.45, 7) is 8.94. The fourth-order valence-electron chi connectivity index (χ4n) is 2.51. The van der Waals surface area contributed by atoms with Gasteiger partial charge in [-0.05, 0) is 29.4 Å². The fourth-order valence-corrected chi connectivity index (χ4v) is 2.51. The molecule has 0 spiro atoms. The van der Waals surface area contributed by atoms with E-state index < -0.39 is 0 Å². The molecular formula is C17H27N3O. The SMILES string of the molecule is CCC(C)(C)c1cnc2c(c1)CCN(CC(=O)N(C)C)C2. The van der Waals surface area contributed by atoms with Crippen LogP contribution in [-0.4, -0.2) is 47.9 Å². The molecule has 0 atom stereocenters. The number of pyridine rings is 1. The van der Waals surface area contributed by atoms with Crippen LogP contribution in [0.15, 0.2) is 12.3 Å². The molecule has 4 nitrogen and oxygen atoms in total. The van der Waals surface area contributed by atoms with Gasteiger partial charge in [-0.3, -0.25) is 14.7 Å². The van der Waals surface area contributed by atoms with E-state index in [1.165, 1.54) is 11.1 Å². The minimum Gasteiger partial charge on any atom is -0.348 e. The van der Waals surface area contributed by atoms with E-state index in [1.54, 1.807) is 19.0 Å². The maximum Gasteiger partial charge on any atom is 0.236 e. The van der Waals surface area contributed by atoms with Gasteiger partial charge in [0.2, 0.25) is 5.91 Å². The van der Waals surface area contributed by atoms with Crippen molar-refractivity contribution in [2.24, 2.45) is 0 Å². The summed E-state index contributed by atoms with van der Waals surface area (Å²) in [5, 5.41) is 0. The smallest absolute Gasteiger partial charge is 0.236 e. The first kappa shape index (κ1) is 16.0. The molecule has 0 aliphatic carbocycles. The number of aromatic nitrogens is 1. The predicted octanol–water partition coefficient (Wildman–Crippen LogP) is 2.22. The lowest BCUT2D eigenvalue weighted by molar-refractivity contribution is -0.130. The Morgan fingerprint density at radius 2 is 2.14 bits per heavy atom. The lowest BCUT2D eigenvalue weighted by atomic mass is 9.82. The Bertz CT molecular complexity index is 523. The molecule has 0 bridgehead atoms. The Morgan fingerprint density at radius 3 is 2.76 bits per heavy atom. The predicted molar refractivity (Wildman–Crippen MR) is 85.2 cm³/mol. The molecule has 0 saturated carbocycles. The molecule has 1 amide bonds. The molecule has 0 fully saturated rings. The Balaban J connectivity index is 2.11. The Hall–Kier alpha value is -1.42. The Kier molecular flexibility index (Phi) is 4.67. The van der Waals surface area contributed by atoms with Crippen LogP contribution in [0.4, 0.5) is 0 Å². The number of carbonyl (C=O) groups is 1. The second kappa shape index (κ2) is 6.14. The van der Waals surface area contributed by atoms with Gasteiger partial charge in [0.15, 0.2) is 0 Å². The molecule has 0 aromatic carbocycles. The molecule has 1 aromatic heterocycles. The van der Waals surface area contributed by atoms with E-state index in [0.29, 0.717) is 6.54 Å². The zero-order chi connectivity index (χ0) is 15.6. The van der Waals surface area contributed by atoms with E-state index in [-0.39, 0.29) is 11.3 Å². The van der Waals surface area contributed by atoms with Gasteiger partial charge in [-0.1, -0.05) is 26.8 Å². The molecule has 0 radical (unpaired) electrons. The molecule has 116 valence electrons. The summed E-state index contributed by atoms with van der Waals surface area (Å²) in [5.74, 6) is 0.155. The molecular weight excluding hydrogens is 262 g/mol. The van der Waals surface area contributed by atoms with Crippen LogP contribution in [0.1, 0.15) is 44.0 Å². The van der Waals surface area contributed by atoms with Gasteiger partial charge in [0.25, 0.3) is 0 Å². The number of rotatable bonds is 4. The summed E-state index contributed by atoms with van der Waals surface area (Å²) >= 11 is 0. The zero-order valence-electron chi connectivity index (χ0n) is 13.9. The molecule has 21 heavy (non-hydrogen) atoms. The van der Waals surface area contributed by atoms with Crippen molar-refractivity contribution in [2.45, 2.75) is 45.6 Å². The molecule has 1 aliphatic rings. The molecule has 1 aliphatic heterocycles. The second-order valence-electron chi connectivity index (χ2n) is 6.82. The summed E-state index contributed by atoms with van der Waals surface area (Å²) in [4.78, 5) is 20.3. The van der Waals surface area contributed by atoms with E-state index in [1.807, 2.05) is 6.20 Å². The molecule has 0 unspecified atom stereocenters. The summed E-state index contributed by atoms with van der Waals surface area (Å²) in [6.07, 6.45) is 4.10. The van der Waals surface area contributed by atoms with Gasteiger partial charge in [0.1, 0.15) is 0 Å². The quantitative estimate of drug-likeness (QED) is 0.853. The van der Waals surface area contributed by atoms with E-state index in [4.69, 9.17) is 0 Å². The number of likely N-dealkylation sites (N-methyl/N-ethyl adjacent to an activating group) is 1. The first-order valence-electron chi connectivity index (χ1n) is 7.74. The summed E-state index contributed by atoms with van der Waals surface area (Å²) < 4.78 is 0. The van der Waals surface area contributed by atoms with Crippen molar-refractivity contribution in [3.8, 4) is 0 Å². The number of hydrogen-bond acceptors (Lipinski definition) is 3. The van der Waals surface area contributed by atoms with Crippen molar-refractivity contribution in [1.82, 2.24) is 14.8 Å². The average Bonchev–Trinajstić information content (AvgIpc) is 2.46. The third kappa shape index (κ3) is 3.62. The van der Waals surface area contributed by atoms with Crippen molar-refractivity contribution < 1.29 is 4.79 Å². The van der Waals surface area contributed by atoms with Gasteiger partial charge in [0, 0.05) is 33.4 Å². The number of nitrogens with zero attached hydrogens (tertiary/aromatic N) is 3. The highest BCUT2D eigenvalue weighted by atomic mass is 16.2. The lowest BCUT2D eigenvalue weighted by Gasteiger charge is -2.30. The van der Waals surface area contributed by atoms with Gasteiger partial charge >= 0.3 is 0 Å². The van der Waals surface area contributed by atoms with Crippen LogP contribution in [0.2, 0.25) is 0 Å². The van der Waals surface area contributed by atoms with E-state index >= 15 is 0 Å². The van der Waals surface area contributed by atoms with E-state index in [9.17, 15) is 4.79 Å². The standard InChI is InChI=1S/C17H27N3O/c1-6-17(2,3)14-9-13-7-8-20(11-15(13)18-10-14)12-16(21)19(4)5/h9-10H,6-8,11-12H2,1-5H3. The third-order valence-electron chi connectivity index (χ3n) is 4.65. The fraction of sp³-hybridized carbons (Fsp3) is 0.647. The number of fused-ring (bicyclic) bond motifs is 1. The van der Waals surface area contributed by atoms with Crippen molar-refractivity contribution in [3.63, 3.8) is 0 Å². The number of amides is 1. The summed E-state index contributed by atoms with van der Waals surface area (Å²) in [6, 6.07) is 2.32. The monoisotopic (exact) mass is 289 g/mol. The third-order valence-corrected chi connectivity index (χ3v) is 4.65. The van der Waals surface area contributed by atoms with Crippen LogP contribution in [0, 0.1) is 0 Å². The van der Waals surface area contributed by atoms with Crippen LogP contribution in [0.5, 0.6) is 0 Å². The maximum absolute atomic E-state index is 11.8. The molecule has 0 saturated heterocycles. The number of carbonyl (C=O) groups excluding carboxylic acids is 1. The highest BCUT2D eigenvalue weighted by Crippen LogP contribution is 2.28. The highest BCUT2D eigenvalue weighted by molar-refractivity contribution is 5.77. The van der Waals surface area contributed by atoms with Gasteiger partial charge in [-0.25, -0.2) is 0 Å². The highest BCUT2D eigenvalue weighted by Gasteiger charge is 2.24. The maximum atomic E-state index is 11.8. The van der Waals surface area contributed by atoms with Crippen LogP contribution in [-0.2, 0) is 23.2 Å².